The summed E-state index contributed by atoms with van der Waals surface area (Å²) in [5.74, 6) is -5.98. The van der Waals surface area contributed by atoms with Crippen molar-refractivity contribution in [1.82, 2.24) is 0 Å². The summed E-state index contributed by atoms with van der Waals surface area (Å²) in [5.41, 5.74) is 0. The van der Waals surface area contributed by atoms with Gasteiger partial charge in [-0.3, -0.25) is 24.0 Å². The molecule has 5 heteroatoms. The highest BCUT2D eigenvalue weighted by Gasteiger charge is 2.34. The van der Waals surface area contributed by atoms with Crippen molar-refractivity contribution in [3.8, 4) is 0 Å². The molecule has 1 aliphatic carbocycles. The van der Waals surface area contributed by atoms with Crippen molar-refractivity contribution in [2.24, 2.45) is 0 Å². The van der Waals surface area contributed by atoms with Crippen molar-refractivity contribution in [3.63, 3.8) is 0 Å². The van der Waals surface area contributed by atoms with Crippen molar-refractivity contribution >= 4 is 28.9 Å². The second-order valence-electron chi connectivity index (χ2n) is 2.69. The van der Waals surface area contributed by atoms with Gasteiger partial charge >= 0.3 is 0 Å². The van der Waals surface area contributed by atoms with Crippen LogP contribution in [0.25, 0.3) is 0 Å². The fourth-order valence-electron chi connectivity index (χ4n) is 0.993. The summed E-state index contributed by atoms with van der Waals surface area (Å²) >= 11 is 0. The van der Waals surface area contributed by atoms with E-state index in [4.69, 9.17) is 0 Å². The van der Waals surface area contributed by atoms with E-state index in [0.29, 0.717) is 0 Å². The van der Waals surface area contributed by atoms with Crippen LogP contribution in [-0.2, 0) is 24.0 Å². The van der Waals surface area contributed by atoms with Crippen LogP contribution < -0.4 is 0 Å². The number of Topliss-reactive ketones (excluding diaryl/α,β-unsaturated/α-hetero) is 5. The molecule has 0 amide bonds. The maximum absolute atomic E-state index is 10.8. The van der Waals surface area contributed by atoms with E-state index < -0.39 is 28.9 Å². The molecule has 0 unspecified atom stereocenters. The number of hydrogen-bond acceptors (Lipinski definition) is 5. The minimum absolute atomic E-state index is 0.135. The molecule has 13 heavy (non-hydrogen) atoms. The molecule has 0 aromatic heterocycles. The van der Waals surface area contributed by atoms with Crippen LogP contribution in [0.15, 0.2) is 0 Å². The first-order valence-electron chi connectivity index (χ1n) is 3.73. The van der Waals surface area contributed by atoms with Gasteiger partial charge in [-0.15, -0.1) is 0 Å². The SMILES string of the molecule is O=C1CCCC(=O)C(=O)C(=O)C1=O. The van der Waals surface area contributed by atoms with Crippen LogP contribution in [0.2, 0.25) is 0 Å². The van der Waals surface area contributed by atoms with Gasteiger partial charge in [0.2, 0.25) is 11.6 Å². The van der Waals surface area contributed by atoms with Crippen LogP contribution in [0.1, 0.15) is 19.3 Å². The Morgan fingerprint density at radius 2 is 1.00 bits per heavy atom. The first-order chi connectivity index (χ1) is 6.04. The van der Waals surface area contributed by atoms with Gasteiger partial charge in [0.05, 0.1) is 0 Å². The summed E-state index contributed by atoms with van der Waals surface area (Å²) in [6, 6.07) is 0. The highest BCUT2D eigenvalue weighted by molar-refractivity contribution is 6.86. The quantitative estimate of drug-likeness (QED) is 0.449. The summed E-state index contributed by atoms with van der Waals surface area (Å²) in [4.78, 5) is 53.9. The lowest BCUT2D eigenvalue weighted by Crippen LogP contribution is -2.36. The van der Waals surface area contributed by atoms with Gasteiger partial charge in [-0.25, -0.2) is 0 Å². The van der Waals surface area contributed by atoms with Crippen LogP contribution in [0, 0.1) is 0 Å². The zero-order chi connectivity index (χ0) is 10.0. The molecule has 0 heterocycles. The van der Waals surface area contributed by atoms with Gasteiger partial charge in [-0.1, -0.05) is 0 Å². The Balaban J connectivity index is 2.96. The standard InChI is InChI=1S/C8H6O5/c9-4-2-1-3-5(10)7(12)8(13)6(4)11/h1-3H2. The molecule has 68 valence electrons. The van der Waals surface area contributed by atoms with Crippen molar-refractivity contribution in [2.75, 3.05) is 0 Å². The summed E-state index contributed by atoms with van der Waals surface area (Å²) in [7, 11) is 0. The molecule has 1 aliphatic rings. The minimum Gasteiger partial charge on any atom is -0.290 e. The van der Waals surface area contributed by atoms with Crippen molar-refractivity contribution in [1.29, 1.82) is 0 Å². The third kappa shape index (κ3) is 1.74. The van der Waals surface area contributed by atoms with Gasteiger partial charge in [0.1, 0.15) is 0 Å². The predicted molar refractivity (Wildman–Crippen MR) is 38.9 cm³/mol. The van der Waals surface area contributed by atoms with Gasteiger partial charge < -0.3 is 0 Å². The van der Waals surface area contributed by atoms with E-state index >= 15 is 0 Å². The third-order valence-corrected chi connectivity index (χ3v) is 1.73. The van der Waals surface area contributed by atoms with Gasteiger partial charge in [0.15, 0.2) is 0 Å². The van der Waals surface area contributed by atoms with Crippen LogP contribution in [0.4, 0.5) is 0 Å². The Hall–Kier alpha value is -1.65. The first-order valence-corrected chi connectivity index (χ1v) is 3.73. The molecule has 0 atom stereocenters. The molecular formula is C8H6O5. The molecule has 0 bridgehead atoms. The molecule has 1 saturated carbocycles. The second-order valence-corrected chi connectivity index (χ2v) is 2.69. The van der Waals surface area contributed by atoms with Crippen LogP contribution >= 0.6 is 0 Å². The summed E-state index contributed by atoms with van der Waals surface area (Å²) < 4.78 is 0. The topological polar surface area (TPSA) is 85.3 Å². The Morgan fingerprint density at radius 3 is 1.38 bits per heavy atom. The zero-order valence-electron chi connectivity index (χ0n) is 6.66. The molecule has 1 fully saturated rings. The number of ketones is 5. The molecule has 5 nitrogen and oxygen atoms in total. The molecule has 0 spiro atoms. The van der Waals surface area contributed by atoms with Crippen LogP contribution in [0.3, 0.4) is 0 Å². The van der Waals surface area contributed by atoms with Crippen molar-refractivity contribution in [3.05, 3.63) is 0 Å². The molecule has 0 N–H and O–H groups in total. The molecule has 0 aliphatic heterocycles. The monoisotopic (exact) mass is 182 g/mol. The van der Waals surface area contributed by atoms with E-state index in [1.54, 1.807) is 0 Å². The molecule has 0 radical (unpaired) electrons. The fourth-order valence-corrected chi connectivity index (χ4v) is 0.993. The van der Waals surface area contributed by atoms with Crippen molar-refractivity contribution in [2.45, 2.75) is 19.3 Å². The highest BCUT2D eigenvalue weighted by Crippen LogP contribution is 2.04. The molecule has 1 rings (SSSR count). The molecule has 0 saturated heterocycles. The van der Waals surface area contributed by atoms with E-state index in [2.05, 4.69) is 0 Å². The summed E-state index contributed by atoms with van der Waals surface area (Å²) in [5, 5.41) is 0. The number of hydrogen-bond donors (Lipinski definition) is 0. The Morgan fingerprint density at radius 1 is 0.615 bits per heavy atom. The van der Waals surface area contributed by atoms with Gasteiger partial charge in [0, 0.05) is 12.8 Å². The van der Waals surface area contributed by atoms with Gasteiger partial charge in [0.25, 0.3) is 17.3 Å². The molecule has 0 aromatic rings. The van der Waals surface area contributed by atoms with Gasteiger partial charge in [-0.05, 0) is 6.42 Å². The largest absolute Gasteiger partial charge is 0.290 e. The number of rotatable bonds is 0. The lowest BCUT2D eigenvalue weighted by atomic mass is 9.96. The lowest BCUT2D eigenvalue weighted by molar-refractivity contribution is -0.151. The summed E-state index contributed by atoms with van der Waals surface area (Å²) in [6.07, 6.45) is -0.115. The smallest absolute Gasteiger partial charge is 0.280 e. The highest BCUT2D eigenvalue weighted by atomic mass is 16.2. The van der Waals surface area contributed by atoms with Gasteiger partial charge in [-0.2, -0.15) is 0 Å². The van der Waals surface area contributed by atoms with E-state index in [1.165, 1.54) is 0 Å². The van der Waals surface area contributed by atoms with Crippen LogP contribution in [-0.4, -0.2) is 28.9 Å². The fraction of sp³-hybridized carbons (Fsp3) is 0.375. The Bertz CT molecular complexity index is 295. The van der Waals surface area contributed by atoms with E-state index in [1.807, 2.05) is 0 Å². The van der Waals surface area contributed by atoms with E-state index in [9.17, 15) is 24.0 Å². The first kappa shape index (κ1) is 9.44. The second kappa shape index (κ2) is 3.38. The molecular weight excluding hydrogens is 176 g/mol. The normalized spacial score (nSPS) is 20.2. The third-order valence-electron chi connectivity index (χ3n) is 1.73. The zero-order valence-corrected chi connectivity index (χ0v) is 6.66. The number of carbonyl (C=O) groups excluding carboxylic acids is 5. The Kier molecular flexibility index (Phi) is 2.46. The predicted octanol–water partition coefficient (Wildman–Crippen LogP) is -0.984. The van der Waals surface area contributed by atoms with E-state index in [-0.39, 0.29) is 19.3 Å². The Labute approximate surface area is 73.1 Å². The average Bonchev–Trinajstić information content (AvgIpc) is 2.12. The van der Waals surface area contributed by atoms with Crippen molar-refractivity contribution < 1.29 is 24.0 Å². The lowest BCUT2D eigenvalue weighted by Gasteiger charge is -2.03. The summed E-state index contributed by atoms with van der Waals surface area (Å²) in [6.45, 7) is 0. The minimum atomic E-state index is -1.49. The maximum Gasteiger partial charge on any atom is 0.280 e. The average molecular weight is 182 g/mol. The number of carbonyl (C=O) groups is 5. The molecule has 0 aromatic carbocycles. The van der Waals surface area contributed by atoms with E-state index in [0.717, 1.165) is 0 Å². The maximum atomic E-state index is 10.8. The van der Waals surface area contributed by atoms with Crippen LogP contribution in [0.5, 0.6) is 0 Å².